The molecule has 0 saturated carbocycles. The summed E-state index contributed by atoms with van der Waals surface area (Å²) in [5, 5.41) is 6.07. The van der Waals surface area contributed by atoms with E-state index in [2.05, 4.69) is 116 Å². The highest BCUT2D eigenvalue weighted by Gasteiger charge is 2.33. The first kappa shape index (κ1) is 61.8. The average Bonchev–Trinajstić information content (AvgIpc) is 3.50. The van der Waals surface area contributed by atoms with Crippen molar-refractivity contribution >= 4 is 49.3 Å². The molecule has 0 aliphatic carbocycles. The Labute approximate surface area is 468 Å². The first-order valence-electron chi connectivity index (χ1n) is 26.4. The van der Waals surface area contributed by atoms with Crippen LogP contribution in [0.3, 0.4) is 0 Å². The molecule has 0 saturated heterocycles. The van der Waals surface area contributed by atoms with Crippen molar-refractivity contribution in [3.63, 3.8) is 0 Å². The van der Waals surface area contributed by atoms with Crippen molar-refractivity contribution in [2.75, 3.05) is 27.2 Å². The molecule has 0 N–H and O–H groups in total. The zero-order chi connectivity index (χ0) is 56.8. The van der Waals surface area contributed by atoms with E-state index < -0.39 is 22.4 Å². The van der Waals surface area contributed by atoms with Crippen LogP contribution in [0.25, 0.3) is 43.4 Å². The Balaban J connectivity index is 0.000000934. The van der Waals surface area contributed by atoms with Crippen molar-refractivity contribution in [2.45, 2.75) is 88.0 Å². The second kappa shape index (κ2) is 30.2. The smallest absolute Gasteiger partial charge is 0.463 e. The third-order valence-corrected chi connectivity index (χ3v) is 13.9. The number of hydrogen-bond acceptors (Lipinski definition) is 8. The van der Waals surface area contributed by atoms with Crippen molar-refractivity contribution in [2.24, 2.45) is 5.41 Å². The molecule has 0 radical (unpaired) electrons. The Morgan fingerprint density at radius 3 is 1.46 bits per heavy atom. The summed E-state index contributed by atoms with van der Waals surface area (Å²) in [5.74, 6) is 4.50. The molecule has 0 aromatic heterocycles. The van der Waals surface area contributed by atoms with Gasteiger partial charge in [0.05, 0.1) is 20.8 Å². The molecule has 410 valence electrons. The van der Waals surface area contributed by atoms with Crippen molar-refractivity contribution in [3.05, 3.63) is 212 Å². The SMILES string of the molecule is C/C=C\C.C=CC(=C)C.C=CCOP(Oc1c(-c2cc(OC)cc(CC(C)(C)C)c2OP(COc2cccc3ccccc23)Oc2cccc3ccccc23)cc(OC)cc1C(C)(C)C)Oc1cccc2ccccc12.CC. The van der Waals surface area contributed by atoms with Gasteiger partial charge in [-0.3, -0.25) is 4.52 Å². The first-order valence-corrected chi connectivity index (χ1v) is 28.8. The lowest BCUT2D eigenvalue weighted by Gasteiger charge is -2.30. The van der Waals surface area contributed by atoms with E-state index in [0.29, 0.717) is 52.0 Å². The molecule has 2 atom stereocenters. The topological polar surface area (TPSA) is 73.8 Å². The largest absolute Gasteiger partial charge is 0.497 e. The molecule has 0 aliphatic heterocycles. The Morgan fingerprint density at radius 1 is 0.551 bits per heavy atom. The summed E-state index contributed by atoms with van der Waals surface area (Å²) >= 11 is 0. The zero-order valence-electron chi connectivity index (χ0n) is 48.1. The van der Waals surface area contributed by atoms with Crippen LogP contribution in [0.2, 0.25) is 0 Å². The third kappa shape index (κ3) is 17.5. The number of rotatable bonds is 19. The van der Waals surface area contributed by atoms with E-state index in [0.717, 1.165) is 54.8 Å². The lowest BCUT2D eigenvalue weighted by Crippen LogP contribution is -2.15. The van der Waals surface area contributed by atoms with Gasteiger partial charge in [0.15, 0.2) is 6.35 Å². The highest BCUT2D eigenvalue weighted by Crippen LogP contribution is 2.55. The van der Waals surface area contributed by atoms with Gasteiger partial charge < -0.3 is 32.3 Å². The standard InChI is InChI=1S/C57H58O8P2.C5H8.C4H8.C2H6/c1-10-32-61-67(63-53-31-19-25-41-22-13-16-28-47(41)53)65-55-49(35-44(59-9)36-50(55)57(5,6)7)48-34-43(58-8)33-42(37-56(2,3)4)54(48)64-66(62-52-30-18-24-40-21-12-15-27-46(40)52)38-60-51-29-17-23-39-20-11-14-26-45(39)51;1-4-5(2)3;1-3-4-2;1-2/h10-31,33-36H,1,32,37-38H2,2-9H3;4H,1-2H2,3H3;3-4H,1-2H3;1-2H3/b;;4-3-;. The van der Waals surface area contributed by atoms with E-state index in [9.17, 15) is 0 Å². The van der Waals surface area contributed by atoms with E-state index >= 15 is 0 Å². The van der Waals surface area contributed by atoms with Crippen LogP contribution in [-0.4, -0.2) is 27.2 Å². The maximum atomic E-state index is 7.43. The number of methoxy groups -OCH3 is 2. The van der Waals surface area contributed by atoms with Crippen molar-refractivity contribution in [1.82, 2.24) is 0 Å². The van der Waals surface area contributed by atoms with Gasteiger partial charge in [-0.15, -0.1) is 6.58 Å². The lowest BCUT2D eigenvalue weighted by atomic mass is 9.83. The summed E-state index contributed by atoms with van der Waals surface area (Å²) in [6.45, 7) is 34.1. The molecular formula is C68H80O8P2. The summed E-state index contributed by atoms with van der Waals surface area (Å²) in [4.78, 5) is 0. The molecule has 8 rings (SSSR count). The van der Waals surface area contributed by atoms with Gasteiger partial charge in [-0.05, 0) is 102 Å². The van der Waals surface area contributed by atoms with Gasteiger partial charge in [0.1, 0.15) is 40.2 Å². The fraction of sp³-hybridized carbons (Fsp3) is 0.265. The molecule has 10 heteroatoms. The number of ether oxygens (including phenoxy) is 3. The minimum atomic E-state index is -2.07. The Bertz CT molecular complexity index is 3240. The van der Waals surface area contributed by atoms with E-state index in [4.69, 9.17) is 36.8 Å². The first-order chi connectivity index (χ1) is 37.5. The predicted molar refractivity (Wildman–Crippen MR) is 334 cm³/mol. The Hall–Kier alpha value is -7.08. The van der Waals surface area contributed by atoms with Gasteiger partial charge in [-0.25, -0.2) is 0 Å². The average molecular weight is 1090 g/mol. The fourth-order valence-electron chi connectivity index (χ4n) is 7.98. The summed E-state index contributed by atoms with van der Waals surface area (Å²) < 4.78 is 53.6. The molecule has 0 fully saturated rings. The summed E-state index contributed by atoms with van der Waals surface area (Å²) in [5.41, 5.74) is 3.61. The quantitative estimate of drug-likeness (QED) is 0.0450. The number of hydrogen-bond donors (Lipinski definition) is 0. The van der Waals surface area contributed by atoms with Crippen LogP contribution in [0, 0.1) is 5.41 Å². The molecule has 0 amide bonds. The van der Waals surface area contributed by atoms with E-state index in [1.165, 1.54) is 0 Å². The Morgan fingerprint density at radius 2 is 1.00 bits per heavy atom. The van der Waals surface area contributed by atoms with Crippen LogP contribution in [0.15, 0.2) is 201 Å². The molecule has 2 unspecified atom stereocenters. The summed E-state index contributed by atoms with van der Waals surface area (Å²) in [6.07, 6.45) is 8.16. The number of fused-ring (bicyclic) bond motifs is 3. The van der Waals surface area contributed by atoms with Crippen LogP contribution < -0.4 is 32.3 Å². The molecule has 0 bridgehead atoms. The second-order valence-corrected chi connectivity index (χ2v) is 22.5. The van der Waals surface area contributed by atoms with Gasteiger partial charge in [0.25, 0.3) is 0 Å². The highest BCUT2D eigenvalue weighted by molar-refractivity contribution is 7.48. The highest BCUT2D eigenvalue weighted by atomic mass is 31.2. The molecular weight excluding hydrogens is 1010 g/mol. The second-order valence-electron chi connectivity index (χ2n) is 20.1. The van der Waals surface area contributed by atoms with E-state index in [1.54, 1.807) is 26.4 Å². The minimum Gasteiger partial charge on any atom is -0.497 e. The molecule has 0 spiro atoms. The zero-order valence-corrected chi connectivity index (χ0v) is 49.9. The molecule has 78 heavy (non-hydrogen) atoms. The van der Waals surface area contributed by atoms with Gasteiger partial charge in [0.2, 0.25) is 0 Å². The monoisotopic (exact) mass is 1090 g/mol. The summed E-state index contributed by atoms with van der Waals surface area (Å²) in [7, 11) is -0.575. The normalized spacial score (nSPS) is 11.9. The van der Waals surface area contributed by atoms with Crippen LogP contribution in [0.5, 0.6) is 40.2 Å². The third-order valence-electron chi connectivity index (χ3n) is 11.8. The van der Waals surface area contributed by atoms with Gasteiger partial charge in [-0.2, -0.15) is 0 Å². The van der Waals surface area contributed by atoms with Gasteiger partial charge in [0, 0.05) is 32.8 Å². The number of benzene rings is 8. The fourth-order valence-corrected chi connectivity index (χ4v) is 10.2. The molecule has 0 aliphatic rings. The molecule has 8 nitrogen and oxygen atoms in total. The molecule has 8 aromatic carbocycles. The Kier molecular flexibility index (Phi) is 23.9. The van der Waals surface area contributed by atoms with Crippen LogP contribution in [-0.2, 0) is 16.4 Å². The van der Waals surface area contributed by atoms with E-state index in [1.807, 2.05) is 144 Å². The van der Waals surface area contributed by atoms with E-state index in [-0.39, 0.29) is 18.4 Å². The maximum absolute atomic E-state index is 7.43. The number of allylic oxidation sites excluding steroid dienone is 4. The predicted octanol–water partition coefficient (Wildman–Crippen LogP) is 20.8. The molecule has 0 heterocycles. The molecule has 8 aromatic rings. The van der Waals surface area contributed by atoms with Crippen molar-refractivity contribution < 1.29 is 36.8 Å². The summed E-state index contributed by atoms with van der Waals surface area (Å²) in [6, 6.07) is 50.6. The minimum absolute atomic E-state index is 0.112. The van der Waals surface area contributed by atoms with Crippen LogP contribution in [0.4, 0.5) is 0 Å². The maximum Gasteiger partial charge on any atom is 0.463 e. The van der Waals surface area contributed by atoms with Gasteiger partial charge >= 0.3 is 17.0 Å². The van der Waals surface area contributed by atoms with Crippen LogP contribution in [0.1, 0.15) is 87.3 Å². The lowest BCUT2D eigenvalue weighted by molar-refractivity contribution is 0.293. The van der Waals surface area contributed by atoms with Gasteiger partial charge in [-0.1, -0.05) is 208 Å². The van der Waals surface area contributed by atoms with Crippen molar-refractivity contribution in [3.8, 4) is 51.4 Å². The van der Waals surface area contributed by atoms with Crippen LogP contribution >= 0.6 is 17.0 Å². The van der Waals surface area contributed by atoms with Crippen molar-refractivity contribution in [1.29, 1.82) is 0 Å².